The Kier molecular flexibility index (Phi) is 7.55. The van der Waals surface area contributed by atoms with E-state index in [4.69, 9.17) is 9.97 Å². The van der Waals surface area contributed by atoms with Gasteiger partial charge < -0.3 is 0 Å². The second-order valence-electron chi connectivity index (χ2n) is 15.7. The topological polar surface area (TPSA) is 25.8 Å². The van der Waals surface area contributed by atoms with Gasteiger partial charge >= 0.3 is 0 Å². The summed E-state index contributed by atoms with van der Waals surface area (Å²) < 4.78 is 0. The number of fused-ring (bicyclic) bond motifs is 7. The number of aromatic nitrogens is 2. The van der Waals surface area contributed by atoms with Gasteiger partial charge in [-0.05, 0) is 95.0 Å². The van der Waals surface area contributed by atoms with E-state index in [1.807, 2.05) is 6.07 Å². The highest BCUT2D eigenvalue weighted by Gasteiger charge is 2.35. The molecule has 57 heavy (non-hydrogen) atoms. The molecule has 1 aliphatic carbocycles. The van der Waals surface area contributed by atoms with Gasteiger partial charge in [0, 0.05) is 22.1 Å². The van der Waals surface area contributed by atoms with Crippen molar-refractivity contribution in [3.05, 3.63) is 205 Å². The normalized spacial score (nSPS) is 12.9. The summed E-state index contributed by atoms with van der Waals surface area (Å²) in [5, 5.41) is 7.54. The molecular formula is C55H38N2. The zero-order valence-corrected chi connectivity index (χ0v) is 31.9. The molecule has 0 unspecified atom stereocenters. The van der Waals surface area contributed by atoms with E-state index >= 15 is 0 Å². The number of benzene rings is 9. The van der Waals surface area contributed by atoms with Crippen molar-refractivity contribution in [3.8, 4) is 67.3 Å². The zero-order valence-electron chi connectivity index (χ0n) is 31.9. The van der Waals surface area contributed by atoms with Crippen LogP contribution in [0.15, 0.2) is 194 Å². The third kappa shape index (κ3) is 5.40. The largest absolute Gasteiger partial charge is 0.228 e. The Hall–Kier alpha value is -7.16. The van der Waals surface area contributed by atoms with E-state index in [0.717, 1.165) is 33.6 Å². The fourth-order valence-corrected chi connectivity index (χ4v) is 9.22. The van der Waals surface area contributed by atoms with Crippen LogP contribution in [0.4, 0.5) is 0 Å². The molecule has 11 rings (SSSR count). The standard InChI is InChI=1S/C55H38N2/c1-55(2)49-23-13-12-21-44(49)45-30-29-40(33-50(45)55)42-19-10-11-22-46(42)52-34-51(56-54(57-52)38-15-4-3-5-16-38)36-24-26-37(27-25-36)53-43-20-9-7-17-39(43)32-48-41-18-8-6-14-35(41)28-31-47(48)53/h3-34H,1-2H3. The summed E-state index contributed by atoms with van der Waals surface area (Å²) in [6, 6.07) is 70.2. The highest BCUT2D eigenvalue weighted by atomic mass is 14.9. The second kappa shape index (κ2) is 13.0. The summed E-state index contributed by atoms with van der Waals surface area (Å²) in [6.07, 6.45) is 0. The van der Waals surface area contributed by atoms with Gasteiger partial charge in [-0.25, -0.2) is 9.97 Å². The predicted octanol–water partition coefficient (Wildman–Crippen LogP) is 14.6. The molecule has 0 spiro atoms. The molecule has 2 nitrogen and oxygen atoms in total. The maximum absolute atomic E-state index is 5.27. The number of rotatable bonds is 5. The van der Waals surface area contributed by atoms with Crippen LogP contribution in [0.2, 0.25) is 0 Å². The first-order chi connectivity index (χ1) is 28.0. The van der Waals surface area contributed by atoms with E-state index in [-0.39, 0.29) is 5.41 Å². The molecule has 10 aromatic rings. The Morgan fingerprint density at radius 2 is 0.947 bits per heavy atom. The van der Waals surface area contributed by atoms with Crippen molar-refractivity contribution in [3.63, 3.8) is 0 Å². The van der Waals surface area contributed by atoms with E-state index in [1.54, 1.807) is 0 Å². The van der Waals surface area contributed by atoms with E-state index < -0.39 is 0 Å². The average molecular weight is 727 g/mol. The van der Waals surface area contributed by atoms with Crippen LogP contribution in [0.25, 0.3) is 99.6 Å². The van der Waals surface area contributed by atoms with Crippen molar-refractivity contribution in [2.45, 2.75) is 19.3 Å². The Morgan fingerprint density at radius 1 is 0.333 bits per heavy atom. The predicted molar refractivity (Wildman–Crippen MR) is 239 cm³/mol. The van der Waals surface area contributed by atoms with Gasteiger partial charge in [0.15, 0.2) is 5.82 Å². The number of hydrogen-bond donors (Lipinski definition) is 0. The molecule has 268 valence electrons. The maximum atomic E-state index is 5.27. The smallest absolute Gasteiger partial charge is 0.160 e. The van der Waals surface area contributed by atoms with Gasteiger partial charge in [-0.3, -0.25) is 0 Å². The SMILES string of the molecule is CC1(C)c2ccccc2-c2ccc(-c3ccccc3-c3cc(-c4ccc(-c5c6ccccc6cc6c5ccc5ccccc56)cc4)nc(-c4ccccc4)n3)cc21. The molecule has 1 aromatic heterocycles. The van der Waals surface area contributed by atoms with Gasteiger partial charge in [0.05, 0.1) is 11.4 Å². The number of hydrogen-bond acceptors (Lipinski definition) is 2. The summed E-state index contributed by atoms with van der Waals surface area (Å²) in [6.45, 7) is 4.68. The molecule has 0 radical (unpaired) electrons. The molecule has 9 aromatic carbocycles. The molecule has 1 aliphatic rings. The minimum atomic E-state index is -0.0856. The van der Waals surface area contributed by atoms with Crippen molar-refractivity contribution in [2.75, 3.05) is 0 Å². The lowest BCUT2D eigenvalue weighted by Crippen LogP contribution is -2.14. The minimum absolute atomic E-state index is 0.0856. The first-order valence-electron chi connectivity index (χ1n) is 19.7. The quantitative estimate of drug-likeness (QED) is 0.130. The first-order valence-corrected chi connectivity index (χ1v) is 19.7. The van der Waals surface area contributed by atoms with E-state index in [1.165, 1.54) is 71.3 Å². The molecule has 0 amide bonds. The van der Waals surface area contributed by atoms with E-state index in [9.17, 15) is 0 Å². The summed E-state index contributed by atoms with van der Waals surface area (Å²) >= 11 is 0. The summed E-state index contributed by atoms with van der Waals surface area (Å²) in [7, 11) is 0. The monoisotopic (exact) mass is 726 g/mol. The van der Waals surface area contributed by atoms with E-state index in [2.05, 4.69) is 202 Å². The van der Waals surface area contributed by atoms with Crippen LogP contribution in [-0.4, -0.2) is 9.97 Å². The van der Waals surface area contributed by atoms with Gasteiger partial charge in [-0.15, -0.1) is 0 Å². The van der Waals surface area contributed by atoms with Gasteiger partial charge in [-0.1, -0.05) is 190 Å². The molecule has 2 heteroatoms. The third-order valence-corrected chi connectivity index (χ3v) is 12.1. The van der Waals surface area contributed by atoms with Gasteiger partial charge in [0.1, 0.15) is 0 Å². The zero-order chi connectivity index (χ0) is 38.1. The van der Waals surface area contributed by atoms with E-state index in [0.29, 0.717) is 5.82 Å². The van der Waals surface area contributed by atoms with Crippen LogP contribution in [0.5, 0.6) is 0 Å². The summed E-state index contributed by atoms with van der Waals surface area (Å²) in [4.78, 5) is 10.5. The van der Waals surface area contributed by atoms with Gasteiger partial charge in [0.25, 0.3) is 0 Å². The summed E-state index contributed by atoms with van der Waals surface area (Å²) in [5.41, 5.74) is 15.0. The third-order valence-electron chi connectivity index (χ3n) is 12.1. The van der Waals surface area contributed by atoms with Gasteiger partial charge in [0.2, 0.25) is 0 Å². The molecule has 0 bridgehead atoms. The Balaban J connectivity index is 1.05. The van der Waals surface area contributed by atoms with Crippen molar-refractivity contribution in [2.24, 2.45) is 0 Å². The van der Waals surface area contributed by atoms with Crippen LogP contribution in [0, 0.1) is 0 Å². The van der Waals surface area contributed by atoms with Crippen LogP contribution < -0.4 is 0 Å². The fourth-order valence-electron chi connectivity index (χ4n) is 9.22. The molecule has 0 aliphatic heterocycles. The highest BCUT2D eigenvalue weighted by Crippen LogP contribution is 2.50. The lowest BCUT2D eigenvalue weighted by molar-refractivity contribution is 0.660. The molecule has 0 N–H and O–H groups in total. The lowest BCUT2D eigenvalue weighted by atomic mass is 9.81. The molecule has 0 fully saturated rings. The Labute approximate surface area is 332 Å². The molecule has 1 heterocycles. The van der Waals surface area contributed by atoms with Crippen LogP contribution >= 0.6 is 0 Å². The second-order valence-corrected chi connectivity index (χ2v) is 15.7. The first kappa shape index (κ1) is 33.2. The van der Waals surface area contributed by atoms with Crippen molar-refractivity contribution in [1.29, 1.82) is 0 Å². The Morgan fingerprint density at radius 3 is 1.77 bits per heavy atom. The number of nitrogens with zero attached hydrogens (tertiary/aromatic N) is 2. The van der Waals surface area contributed by atoms with Crippen LogP contribution in [-0.2, 0) is 5.41 Å². The van der Waals surface area contributed by atoms with Crippen LogP contribution in [0.1, 0.15) is 25.0 Å². The van der Waals surface area contributed by atoms with Gasteiger partial charge in [-0.2, -0.15) is 0 Å². The molecule has 0 saturated carbocycles. The van der Waals surface area contributed by atoms with Crippen LogP contribution in [0.3, 0.4) is 0 Å². The fraction of sp³-hybridized carbons (Fsp3) is 0.0545. The summed E-state index contributed by atoms with van der Waals surface area (Å²) in [5.74, 6) is 0.708. The average Bonchev–Trinajstić information content (AvgIpc) is 3.51. The molecule has 0 atom stereocenters. The molecule has 0 saturated heterocycles. The Bertz CT molecular complexity index is 3190. The lowest BCUT2D eigenvalue weighted by Gasteiger charge is -2.22. The van der Waals surface area contributed by atoms with Crippen molar-refractivity contribution >= 4 is 32.3 Å². The van der Waals surface area contributed by atoms with Crippen molar-refractivity contribution in [1.82, 2.24) is 9.97 Å². The highest BCUT2D eigenvalue weighted by molar-refractivity contribution is 6.20. The minimum Gasteiger partial charge on any atom is -0.228 e. The molecular weight excluding hydrogens is 689 g/mol. The maximum Gasteiger partial charge on any atom is 0.160 e. The van der Waals surface area contributed by atoms with Crippen molar-refractivity contribution < 1.29 is 0 Å².